The van der Waals surface area contributed by atoms with Gasteiger partial charge in [-0.05, 0) is 43.7 Å². The van der Waals surface area contributed by atoms with E-state index in [9.17, 15) is 9.59 Å². The number of nitrogens with zero attached hydrogens (tertiary/aromatic N) is 2. The number of hydrogen-bond acceptors (Lipinski definition) is 3. The van der Waals surface area contributed by atoms with Gasteiger partial charge >= 0.3 is 0 Å². The molecule has 0 atom stereocenters. The first kappa shape index (κ1) is 19.5. The van der Waals surface area contributed by atoms with Gasteiger partial charge in [0.1, 0.15) is 5.41 Å². The summed E-state index contributed by atoms with van der Waals surface area (Å²) in [5.41, 5.74) is 1.58. The molecule has 5 heteroatoms. The van der Waals surface area contributed by atoms with Crippen molar-refractivity contribution in [2.45, 2.75) is 20.4 Å². The Morgan fingerprint density at radius 2 is 1.50 bits per heavy atom. The fraction of sp³-hybridized carbons (Fsp3) is 0.333. The van der Waals surface area contributed by atoms with Crippen LogP contribution >= 0.6 is 0 Å². The predicted octanol–water partition coefficient (Wildman–Crippen LogP) is 3.38. The van der Waals surface area contributed by atoms with Gasteiger partial charge in [-0.25, -0.2) is 0 Å². The molecule has 5 nitrogen and oxygen atoms in total. The van der Waals surface area contributed by atoms with E-state index >= 15 is 0 Å². The topological polar surface area (TPSA) is 52.7 Å². The molecule has 0 saturated heterocycles. The zero-order chi connectivity index (χ0) is 19.3. The summed E-state index contributed by atoms with van der Waals surface area (Å²) in [5.74, 6) is -0.538. The zero-order valence-electron chi connectivity index (χ0n) is 16.1. The SMILES string of the molecule is CN(Cc1ccccc1)C(=O)C(C)(C)C(=O)Nc1ccc(N(C)C)cc1. The Labute approximate surface area is 155 Å². The standard InChI is InChI=1S/C21H27N3O2/c1-21(2,20(26)24(5)15-16-9-7-6-8-10-16)19(25)22-17-11-13-18(14-12-17)23(3)4/h6-14H,15H2,1-5H3,(H,22,25). The number of hydrogen-bond donors (Lipinski definition) is 1. The molecule has 0 aliphatic rings. The monoisotopic (exact) mass is 353 g/mol. The fourth-order valence-electron chi connectivity index (χ4n) is 2.63. The van der Waals surface area contributed by atoms with Crippen molar-refractivity contribution in [2.75, 3.05) is 31.4 Å². The molecule has 0 spiro atoms. The number of rotatable bonds is 6. The van der Waals surface area contributed by atoms with E-state index in [1.807, 2.05) is 73.6 Å². The molecule has 1 N–H and O–H groups in total. The molecular weight excluding hydrogens is 326 g/mol. The van der Waals surface area contributed by atoms with Crippen molar-refractivity contribution in [3.63, 3.8) is 0 Å². The van der Waals surface area contributed by atoms with E-state index in [0.29, 0.717) is 12.2 Å². The molecule has 2 amide bonds. The second-order valence-electron chi connectivity index (χ2n) is 7.17. The Bertz CT molecular complexity index is 753. The predicted molar refractivity (Wildman–Crippen MR) is 106 cm³/mol. The average molecular weight is 353 g/mol. The number of anilines is 2. The van der Waals surface area contributed by atoms with E-state index in [1.54, 1.807) is 25.8 Å². The molecule has 0 bridgehead atoms. The summed E-state index contributed by atoms with van der Waals surface area (Å²) < 4.78 is 0. The molecule has 0 aliphatic carbocycles. The summed E-state index contributed by atoms with van der Waals surface area (Å²) in [7, 11) is 5.63. The average Bonchev–Trinajstić information content (AvgIpc) is 2.62. The molecule has 0 fully saturated rings. The van der Waals surface area contributed by atoms with Crippen molar-refractivity contribution >= 4 is 23.2 Å². The lowest BCUT2D eigenvalue weighted by Crippen LogP contribution is -2.45. The third-order valence-corrected chi connectivity index (χ3v) is 4.35. The lowest BCUT2D eigenvalue weighted by molar-refractivity contribution is -0.145. The van der Waals surface area contributed by atoms with Crippen molar-refractivity contribution in [3.8, 4) is 0 Å². The van der Waals surface area contributed by atoms with E-state index in [-0.39, 0.29) is 11.8 Å². The van der Waals surface area contributed by atoms with Crippen LogP contribution in [0.2, 0.25) is 0 Å². The van der Waals surface area contributed by atoms with Gasteiger partial charge in [-0.2, -0.15) is 0 Å². The summed E-state index contributed by atoms with van der Waals surface area (Å²) in [4.78, 5) is 29.1. The van der Waals surface area contributed by atoms with E-state index in [0.717, 1.165) is 11.3 Å². The highest BCUT2D eigenvalue weighted by molar-refractivity contribution is 6.09. The summed E-state index contributed by atoms with van der Waals surface area (Å²) in [6.45, 7) is 3.77. The number of nitrogens with one attached hydrogen (secondary N) is 1. The highest BCUT2D eigenvalue weighted by Crippen LogP contribution is 2.23. The Kier molecular flexibility index (Phi) is 6.03. The number of amides is 2. The first-order valence-electron chi connectivity index (χ1n) is 8.60. The van der Waals surface area contributed by atoms with Crippen LogP contribution in [0.15, 0.2) is 54.6 Å². The van der Waals surface area contributed by atoms with Gasteiger partial charge in [0.25, 0.3) is 0 Å². The van der Waals surface area contributed by atoms with Crippen LogP contribution < -0.4 is 10.2 Å². The molecule has 0 unspecified atom stereocenters. The molecule has 26 heavy (non-hydrogen) atoms. The minimum absolute atomic E-state index is 0.219. The summed E-state index contributed by atoms with van der Waals surface area (Å²) in [6.07, 6.45) is 0. The number of carbonyl (C=O) groups is 2. The van der Waals surface area contributed by atoms with E-state index in [2.05, 4.69) is 5.32 Å². The quantitative estimate of drug-likeness (QED) is 0.810. The lowest BCUT2D eigenvalue weighted by atomic mass is 9.90. The summed E-state index contributed by atoms with van der Waals surface area (Å²) in [5, 5.41) is 2.84. The van der Waals surface area contributed by atoms with Crippen LogP contribution in [0.4, 0.5) is 11.4 Å². The van der Waals surface area contributed by atoms with Crippen LogP contribution in [0.1, 0.15) is 19.4 Å². The Morgan fingerprint density at radius 1 is 0.923 bits per heavy atom. The van der Waals surface area contributed by atoms with Crippen LogP contribution in [-0.2, 0) is 16.1 Å². The van der Waals surface area contributed by atoms with Crippen LogP contribution in [0.25, 0.3) is 0 Å². The molecule has 0 aromatic heterocycles. The van der Waals surface area contributed by atoms with Gasteiger partial charge in [0.2, 0.25) is 11.8 Å². The van der Waals surface area contributed by atoms with E-state index in [1.165, 1.54) is 0 Å². The molecule has 0 aliphatic heterocycles. The summed E-state index contributed by atoms with van der Waals surface area (Å²) >= 11 is 0. The zero-order valence-corrected chi connectivity index (χ0v) is 16.1. The first-order valence-corrected chi connectivity index (χ1v) is 8.60. The highest BCUT2D eigenvalue weighted by atomic mass is 16.2. The third-order valence-electron chi connectivity index (χ3n) is 4.35. The van der Waals surface area contributed by atoms with Crippen LogP contribution in [0.3, 0.4) is 0 Å². The largest absolute Gasteiger partial charge is 0.378 e. The maximum Gasteiger partial charge on any atom is 0.239 e. The van der Waals surface area contributed by atoms with Gasteiger partial charge in [-0.15, -0.1) is 0 Å². The normalized spacial score (nSPS) is 11.0. The van der Waals surface area contributed by atoms with Crippen molar-refractivity contribution < 1.29 is 9.59 Å². The molecule has 0 heterocycles. The highest BCUT2D eigenvalue weighted by Gasteiger charge is 2.38. The van der Waals surface area contributed by atoms with Crippen molar-refractivity contribution in [1.82, 2.24) is 4.90 Å². The van der Waals surface area contributed by atoms with E-state index in [4.69, 9.17) is 0 Å². The van der Waals surface area contributed by atoms with Crippen molar-refractivity contribution in [2.24, 2.45) is 5.41 Å². The van der Waals surface area contributed by atoms with Gasteiger partial charge in [-0.1, -0.05) is 30.3 Å². The molecule has 2 rings (SSSR count). The van der Waals surface area contributed by atoms with Crippen LogP contribution in [0, 0.1) is 5.41 Å². The lowest BCUT2D eigenvalue weighted by Gasteiger charge is -2.28. The molecule has 138 valence electrons. The maximum absolute atomic E-state index is 12.8. The second-order valence-corrected chi connectivity index (χ2v) is 7.17. The molecule has 2 aromatic rings. The molecule has 2 aromatic carbocycles. The van der Waals surface area contributed by atoms with Gasteiger partial charge in [0.05, 0.1) is 0 Å². The Hall–Kier alpha value is -2.82. The molecular formula is C21H27N3O2. The third kappa shape index (κ3) is 4.63. The number of carbonyl (C=O) groups excluding carboxylic acids is 2. The maximum atomic E-state index is 12.8. The Balaban J connectivity index is 2.04. The van der Waals surface area contributed by atoms with Crippen molar-refractivity contribution in [3.05, 3.63) is 60.2 Å². The fourth-order valence-corrected chi connectivity index (χ4v) is 2.63. The van der Waals surface area contributed by atoms with Gasteiger partial charge in [0.15, 0.2) is 0 Å². The molecule has 0 radical (unpaired) electrons. The first-order chi connectivity index (χ1) is 12.2. The Morgan fingerprint density at radius 3 is 2.04 bits per heavy atom. The van der Waals surface area contributed by atoms with Gasteiger partial charge < -0.3 is 15.1 Å². The van der Waals surface area contributed by atoms with Gasteiger partial charge in [-0.3, -0.25) is 9.59 Å². The minimum Gasteiger partial charge on any atom is -0.378 e. The second kappa shape index (κ2) is 8.04. The summed E-state index contributed by atoms with van der Waals surface area (Å²) in [6, 6.07) is 17.2. The van der Waals surface area contributed by atoms with E-state index < -0.39 is 5.41 Å². The van der Waals surface area contributed by atoms with Crippen molar-refractivity contribution in [1.29, 1.82) is 0 Å². The van der Waals surface area contributed by atoms with Crippen LogP contribution in [0.5, 0.6) is 0 Å². The minimum atomic E-state index is -1.16. The van der Waals surface area contributed by atoms with Gasteiger partial charge in [0, 0.05) is 39.1 Å². The smallest absolute Gasteiger partial charge is 0.239 e. The van der Waals surface area contributed by atoms with Crippen LogP contribution in [-0.4, -0.2) is 37.9 Å². The molecule has 0 saturated carbocycles. The number of benzene rings is 2.